The van der Waals surface area contributed by atoms with Gasteiger partial charge in [-0.05, 0) is 19.3 Å². The van der Waals surface area contributed by atoms with Gasteiger partial charge in [0.2, 0.25) is 5.91 Å². The van der Waals surface area contributed by atoms with E-state index in [9.17, 15) is 4.79 Å². The van der Waals surface area contributed by atoms with Crippen LogP contribution in [0.2, 0.25) is 0 Å². The van der Waals surface area contributed by atoms with Crippen LogP contribution in [-0.4, -0.2) is 29.9 Å². The Morgan fingerprint density at radius 3 is 2.80 bits per heavy atom. The van der Waals surface area contributed by atoms with Crippen LogP contribution in [0.3, 0.4) is 0 Å². The van der Waals surface area contributed by atoms with Gasteiger partial charge in [0.25, 0.3) is 0 Å². The quantitative estimate of drug-likeness (QED) is 0.700. The van der Waals surface area contributed by atoms with Crippen molar-refractivity contribution in [3.8, 4) is 12.3 Å². The lowest BCUT2D eigenvalue weighted by Gasteiger charge is -2.25. The number of rotatable bonds is 4. The van der Waals surface area contributed by atoms with Crippen molar-refractivity contribution in [2.45, 2.75) is 38.6 Å². The van der Waals surface area contributed by atoms with E-state index >= 15 is 0 Å². The molecule has 1 aliphatic rings. The van der Waals surface area contributed by atoms with Crippen LogP contribution in [0.4, 0.5) is 0 Å². The molecule has 0 aliphatic heterocycles. The molecule has 84 valence electrons. The summed E-state index contributed by atoms with van der Waals surface area (Å²) in [7, 11) is 0. The molecule has 0 aromatic rings. The molecule has 15 heavy (non-hydrogen) atoms. The summed E-state index contributed by atoms with van der Waals surface area (Å²) in [6.07, 6.45) is 9.14. The lowest BCUT2D eigenvalue weighted by Crippen LogP contribution is -2.42. The molecule has 1 saturated carbocycles. The highest BCUT2D eigenvalue weighted by Crippen LogP contribution is 2.25. The SMILES string of the molecule is C#CCN(CCC)C(=O)C1CCCC1N. The number of hydrogen-bond donors (Lipinski definition) is 1. The molecule has 0 aromatic heterocycles. The molecule has 1 rings (SSSR count). The maximum absolute atomic E-state index is 12.1. The van der Waals surface area contributed by atoms with Crippen LogP contribution in [0.15, 0.2) is 0 Å². The molecule has 0 spiro atoms. The summed E-state index contributed by atoms with van der Waals surface area (Å²) in [5.74, 6) is 2.69. The normalized spacial score (nSPS) is 24.9. The van der Waals surface area contributed by atoms with E-state index in [1.54, 1.807) is 4.90 Å². The van der Waals surface area contributed by atoms with Gasteiger partial charge in [-0.3, -0.25) is 4.79 Å². The maximum atomic E-state index is 12.1. The average molecular weight is 208 g/mol. The van der Waals surface area contributed by atoms with Gasteiger partial charge in [-0.25, -0.2) is 0 Å². The van der Waals surface area contributed by atoms with Gasteiger partial charge < -0.3 is 10.6 Å². The molecule has 0 aromatic carbocycles. The van der Waals surface area contributed by atoms with Crippen LogP contribution in [0, 0.1) is 18.3 Å². The van der Waals surface area contributed by atoms with E-state index in [4.69, 9.17) is 12.2 Å². The first-order chi connectivity index (χ1) is 7.20. The fourth-order valence-electron chi connectivity index (χ4n) is 2.18. The first-order valence-electron chi connectivity index (χ1n) is 5.68. The fraction of sp³-hybridized carbons (Fsp3) is 0.750. The third-order valence-corrected chi connectivity index (χ3v) is 2.97. The van der Waals surface area contributed by atoms with E-state index in [0.29, 0.717) is 6.54 Å². The predicted molar refractivity (Wildman–Crippen MR) is 61.0 cm³/mol. The largest absolute Gasteiger partial charge is 0.331 e. The van der Waals surface area contributed by atoms with Crippen LogP contribution in [0.1, 0.15) is 32.6 Å². The Kier molecular flexibility index (Phi) is 4.64. The van der Waals surface area contributed by atoms with Gasteiger partial charge in [-0.15, -0.1) is 6.42 Å². The minimum Gasteiger partial charge on any atom is -0.331 e. The summed E-state index contributed by atoms with van der Waals surface area (Å²) in [6.45, 7) is 3.20. The first kappa shape index (κ1) is 12.1. The number of terminal acetylenes is 1. The highest BCUT2D eigenvalue weighted by Gasteiger charge is 2.32. The third kappa shape index (κ3) is 2.97. The zero-order valence-electron chi connectivity index (χ0n) is 9.41. The van der Waals surface area contributed by atoms with Crippen molar-refractivity contribution in [1.82, 2.24) is 4.90 Å². The van der Waals surface area contributed by atoms with Crippen molar-refractivity contribution in [3.05, 3.63) is 0 Å². The Balaban J connectivity index is 2.58. The summed E-state index contributed by atoms with van der Waals surface area (Å²) >= 11 is 0. The number of amides is 1. The van der Waals surface area contributed by atoms with Crippen molar-refractivity contribution in [3.63, 3.8) is 0 Å². The second kappa shape index (κ2) is 5.77. The Morgan fingerprint density at radius 1 is 1.60 bits per heavy atom. The molecule has 0 bridgehead atoms. The zero-order chi connectivity index (χ0) is 11.3. The van der Waals surface area contributed by atoms with Crippen molar-refractivity contribution >= 4 is 5.91 Å². The number of carbonyl (C=O) groups is 1. The van der Waals surface area contributed by atoms with Gasteiger partial charge >= 0.3 is 0 Å². The molecule has 3 nitrogen and oxygen atoms in total. The molecule has 0 radical (unpaired) electrons. The maximum Gasteiger partial charge on any atom is 0.228 e. The van der Waals surface area contributed by atoms with Gasteiger partial charge in [0.05, 0.1) is 12.5 Å². The number of nitrogens with zero attached hydrogens (tertiary/aromatic N) is 1. The van der Waals surface area contributed by atoms with Crippen LogP contribution in [0.5, 0.6) is 0 Å². The molecule has 0 saturated heterocycles. The smallest absolute Gasteiger partial charge is 0.228 e. The van der Waals surface area contributed by atoms with E-state index in [1.807, 2.05) is 6.92 Å². The lowest BCUT2D eigenvalue weighted by molar-refractivity contribution is -0.135. The molecule has 0 heterocycles. The molecule has 1 amide bonds. The zero-order valence-corrected chi connectivity index (χ0v) is 9.41. The minimum atomic E-state index is 0.00454. The summed E-state index contributed by atoms with van der Waals surface area (Å²) < 4.78 is 0. The Hall–Kier alpha value is -1.01. The third-order valence-electron chi connectivity index (χ3n) is 2.97. The summed E-state index contributed by atoms with van der Waals surface area (Å²) in [6, 6.07) is 0.0367. The molecule has 3 heteroatoms. The number of hydrogen-bond acceptors (Lipinski definition) is 2. The van der Waals surface area contributed by atoms with Crippen molar-refractivity contribution in [1.29, 1.82) is 0 Å². The second-order valence-electron chi connectivity index (χ2n) is 4.17. The molecule has 2 N–H and O–H groups in total. The van der Waals surface area contributed by atoms with E-state index in [0.717, 1.165) is 32.2 Å². The van der Waals surface area contributed by atoms with Crippen molar-refractivity contribution in [2.24, 2.45) is 11.7 Å². The average Bonchev–Trinajstić information content (AvgIpc) is 2.63. The molecule has 2 atom stereocenters. The molecular formula is C12H20N2O. The Labute approximate surface area is 92.0 Å². The predicted octanol–water partition coefficient (Wildman–Crippen LogP) is 0.986. The molecule has 2 unspecified atom stereocenters. The first-order valence-corrected chi connectivity index (χ1v) is 5.68. The van der Waals surface area contributed by atoms with E-state index < -0.39 is 0 Å². The highest BCUT2D eigenvalue weighted by molar-refractivity contribution is 5.80. The van der Waals surface area contributed by atoms with Crippen LogP contribution < -0.4 is 5.73 Å². The summed E-state index contributed by atoms with van der Waals surface area (Å²) in [5.41, 5.74) is 5.91. The lowest BCUT2D eigenvalue weighted by atomic mass is 10.0. The Bertz CT molecular complexity index is 257. The Morgan fingerprint density at radius 2 is 2.33 bits per heavy atom. The van der Waals surface area contributed by atoms with Crippen LogP contribution in [0.25, 0.3) is 0 Å². The molecule has 1 fully saturated rings. The van der Waals surface area contributed by atoms with Gasteiger partial charge in [0.15, 0.2) is 0 Å². The fourth-order valence-corrected chi connectivity index (χ4v) is 2.18. The van der Waals surface area contributed by atoms with E-state index in [1.165, 1.54) is 0 Å². The van der Waals surface area contributed by atoms with Crippen molar-refractivity contribution in [2.75, 3.05) is 13.1 Å². The monoisotopic (exact) mass is 208 g/mol. The minimum absolute atomic E-state index is 0.00454. The standard InChI is InChI=1S/C12H20N2O/c1-3-8-14(9-4-2)12(15)10-6-5-7-11(10)13/h1,10-11H,4-9,13H2,2H3. The number of carbonyl (C=O) groups excluding carboxylic acids is 1. The van der Waals surface area contributed by atoms with Crippen LogP contribution >= 0.6 is 0 Å². The summed E-state index contributed by atoms with van der Waals surface area (Å²) in [5, 5.41) is 0. The number of nitrogens with two attached hydrogens (primary N) is 1. The van der Waals surface area contributed by atoms with Gasteiger partial charge in [0, 0.05) is 12.6 Å². The second-order valence-corrected chi connectivity index (χ2v) is 4.17. The van der Waals surface area contributed by atoms with Crippen molar-refractivity contribution < 1.29 is 4.79 Å². The summed E-state index contributed by atoms with van der Waals surface area (Å²) in [4.78, 5) is 13.8. The molecule has 1 aliphatic carbocycles. The van der Waals surface area contributed by atoms with E-state index in [-0.39, 0.29) is 17.9 Å². The van der Waals surface area contributed by atoms with Crippen LogP contribution in [-0.2, 0) is 4.79 Å². The molecular weight excluding hydrogens is 188 g/mol. The topological polar surface area (TPSA) is 46.3 Å². The van der Waals surface area contributed by atoms with Gasteiger partial charge in [-0.2, -0.15) is 0 Å². The van der Waals surface area contributed by atoms with E-state index in [2.05, 4.69) is 5.92 Å². The van der Waals surface area contributed by atoms with Gasteiger partial charge in [-0.1, -0.05) is 19.3 Å². The van der Waals surface area contributed by atoms with Gasteiger partial charge in [0.1, 0.15) is 0 Å². The highest BCUT2D eigenvalue weighted by atomic mass is 16.2.